The minimum atomic E-state index is -1.03. The zero-order valence-electron chi connectivity index (χ0n) is 8.58. The lowest BCUT2D eigenvalue weighted by Gasteiger charge is -1.94. The van der Waals surface area contributed by atoms with Crippen LogP contribution < -0.4 is 0 Å². The minimum Gasteiger partial charge on any atom is -0.478 e. The van der Waals surface area contributed by atoms with Crippen molar-refractivity contribution in [3.05, 3.63) is 51.8 Å². The molecule has 86 valence electrons. The number of carboxylic acids is 1. The first-order valence-corrected chi connectivity index (χ1v) is 4.74. The molecule has 1 aromatic carbocycles. The first-order valence-electron chi connectivity index (χ1n) is 4.74. The number of aromatic nitrogens is 1. The largest absolute Gasteiger partial charge is 0.478 e. The van der Waals surface area contributed by atoms with E-state index in [0.717, 1.165) is 6.20 Å². The molecule has 0 atom stereocenters. The smallest absolute Gasteiger partial charge is 0.336 e. The Labute approximate surface area is 95.3 Å². The number of nitrogens with one attached hydrogen (secondary N) is 1. The first kappa shape index (κ1) is 10.9. The molecule has 0 unspecified atom stereocenters. The number of H-pyrrole nitrogens is 1. The molecule has 6 nitrogen and oxygen atoms in total. The van der Waals surface area contributed by atoms with Crippen molar-refractivity contribution in [1.82, 2.24) is 4.98 Å². The Balaban J connectivity index is 2.54. The van der Waals surface area contributed by atoms with Crippen molar-refractivity contribution in [2.24, 2.45) is 0 Å². The number of fused-ring (bicyclic) bond motifs is 1. The van der Waals surface area contributed by atoms with Crippen LogP contribution in [0.1, 0.15) is 16.1 Å². The average molecular weight is 232 g/mol. The van der Waals surface area contributed by atoms with Crippen LogP contribution in [-0.4, -0.2) is 21.0 Å². The molecule has 0 aliphatic carbocycles. The highest BCUT2D eigenvalue weighted by molar-refractivity contribution is 6.03. The molecule has 2 rings (SSSR count). The molecule has 17 heavy (non-hydrogen) atoms. The molecular formula is C11H8N2O4. The van der Waals surface area contributed by atoms with Crippen LogP contribution >= 0.6 is 0 Å². The topological polar surface area (TPSA) is 96.2 Å². The van der Waals surface area contributed by atoms with Crippen molar-refractivity contribution in [3.63, 3.8) is 0 Å². The van der Waals surface area contributed by atoms with Gasteiger partial charge in [-0.25, -0.2) is 4.79 Å². The molecule has 0 bridgehead atoms. The molecule has 1 heterocycles. The molecular weight excluding hydrogens is 224 g/mol. The van der Waals surface area contributed by atoms with Crippen molar-refractivity contribution >= 4 is 22.9 Å². The molecule has 0 fully saturated rings. The molecule has 0 aliphatic rings. The Kier molecular flexibility index (Phi) is 2.61. The summed E-state index contributed by atoms with van der Waals surface area (Å²) >= 11 is 0. The van der Waals surface area contributed by atoms with Gasteiger partial charge in [-0.15, -0.1) is 0 Å². The number of nitro groups is 1. The minimum absolute atomic E-state index is 0.166. The Bertz CT molecular complexity index is 627. The van der Waals surface area contributed by atoms with E-state index in [2.05, 4.69) is 4.98 Å². The Morgan fingerprint density at radius 3 is 2.88 bits per heavy atom. The Hall–Kier alpha value is -2.63. The van der Waals surface area contributed by atoms with Gasteiger partial charge in [0.1, 0.15) is 0 Å². The van der Waals surface area contributed by atoms with E-state index in [1.807, 2.05) is 0 Å². The maximum absolute atomic E-state index is 11.0. The molecule has 0 saturated carbocycles. The highest BCUT2D eigenvalue weighted by atomic mass is 16.6. The zero-order chi connectivity index (χ0) is 12.4. The highest BCUT2D eigenvalue weighted by Gasteiger charge is 2.09. The van der Waals surface area contributed by atoms with Crippen LogP contribution in [0.25, 0.3) is 17.0 Å². The van der Waals surface area contributed by atoms with Gasteiger partial charge in [-0.1, -0.05) is 6.07 Å². The summed E-state index contributed by atoms with van der Waals surface area (Å²) < 4.78 is 0. The monoisotopic (exact) mass is 232 g/mol. The van der Waals surface area contributed by atoms with Crippen LogP contribution in [-0.2, 0) is 0 Å². The SMILES string of the molecule is O=C(O)c1cccc2[nH]c(/C=C/[N+](=O)[O-])cc12. The fourth-order valence-corrected chi connectivity index (χ4v) is 1.59. The van der Waals surface area contributed by atoms with Crippen molar-refractivity contribution in [2.45, 2.75) is 0 Å². The van der Waals surface area contributed by atoms with Gasteiger partial charge in [0.05, 0.1) is 10.5 Å². The van der Waals surface area contributed by atoms with Gasteiger partial charge in [0.25, 0.3) is 0 Å². The van der Waals surface area contributed by atoms with Gasteiger partial charge < -0.3 is 10.1 Å². The molecule has 0 spiro atoms. The molecule has 6 heteroatoms. The molecule has 2 N–H and O–H groups in total. The average Bonchev–Trinajstić information content (AvgIpc) is 2.68. The Morgan fingerprint density at radius 2 is 2.24 bits per heavy atom. The van der Waals surface area contributed by atoms with E-state index >= 15 is 0 Å². The summed E-state index contributed by atoms with van der Waals surface area (Å²) in [7, 11) is 0. The lowest BCUT2D eigenvalue weighted by Crippen LogP contribution is -1.95. The van der Waals surface area contributed by atoms with Crippen LogP contribution in [0.5, 0.6) is 0 Å². The van der Waals surface area contributed by atoms with E-state index in [0.29, 0.717) is 16.6 Å². The molecule has 0 saturated heterocycles. The Morgan fingerprint density at radius 1 is 1.47 bits per heavy atom. The fraction of sp³-hybridized carbons (Fsp3) is 0. The predicted molar refractivity (Wildman–Crippen MR) is 61.3 cm³/mol. The van der Waals surface area contributed by atoms with Crippen molar-refractivity contribution in [3.8, 4) is 0 Å². The number of benzene rings is 1. The number of nitrogens with zero attached hydrogens (tertiary/aromatic N) is 1. The van der Waals surface area contributed by atoms with Gasteiger partial charge in [0.2, 0.25) is 6.20 Å². The third kappa shape index (κ3) is 2.15. The van der Waals surface area contributed by atoms with Crippen LogP contribution in [0.4, 0.5) is 0 Å². The summed E-state index contributed by atoms with van der Waals surface area (Å²) in [5.74, 6) is -1.03. The summed E-state index contributed by atoms with van der Waals surface area (Å²) in [5, 5.41) is 19.7. The molecule has 2 aromatic rings. The number of aromatic carboxylic acids is 1. The van der Waals surface area contributed by atoms with E-state index in [-0.39, 0.29) is 5.56 Å². The first-order chi connectivity index (χ1) is 8.08. The standard InChI is InChI=1S/C11H8N2O4/c14-11(15)8-2-1-3-10-9(8)6-7(12-10)4-5-13(16)17/h1-6,12H,(H,14,15)/b5-4+. The number of hydrogen-bond acceptors (Lipinski definition) is 3. The molecule has 0 aliphatic heterocycles. The second-order valence-electron chi connectivity index (χ2n) is 3.40. The summed E-state index contributed by atoms with van der Waals surface area (Å²) in [4.78, 5) is 23.4. The maximum Gasteiger partial charge on any atom is 0.336 e. The summed E-state index contributed by atoms with van der Waals surface area (Å²) in [5.41, 5.74) is 1.29. The van der Waals surface area contributed by atoms with Gasteiger partial charge >= 0.3 is 5.97 Å². The third-order valence-corrected chi connectivity index (χ3v) is 2.29. The number of carboxylic acid groups (broad SMARTS) is 1. The van der Waals surface area contributed by atoms with E-state index in [1.54, 1.807) is 18.2 Å². The van der Waals surface area contributed by atoms with E-state index < -0.39 is 10.9 Å². The van der Waals surface area contributed by atoms with Gasteiger partial charge in [0.15, 0.2) is 0 Å². The van der Waals surface area contributed by atoms with Gasteiger partial charge in [0, 0.05) is 22.7 Å². The van der Waals surface area contributed by atoms with Crippen molar-refractivity contribution in [2.75, 3.05) is 0 Å². The van der Waals surface area contributed by atoms with Crippen molar-refractivity contribution in [1.29, 1.82) is 0 Å². The second kappa shape index (κ2) is 4.09. The van der Waals surface area contributed by atoms with Gasteiger partial charge in [-0.2, -0.15) is 0 Å². The maximum atomic E-state index is 11.0. The lowest BCUT2D eigenvalue weighted by molar-refractivity contribution is -0.401. The fourth-order valence-electron chi connectivity index (χ4n) is 1.59. The number of hydrogen-bond donors (Lipinski definition) is 2. The summed E-state index contributed by atoms with van der Waals surface area (Å²) in [6, 6.07) is 6.38. The van der Waals surface area contributed by atoms with Crippen LogP contribution in [0.15, 0.2) is 30.5 Å². The molecule has 1 aromatic heterocycles. The normalized spacial score (nSPS) is 11.1. The van der Waals surface area contributed by atoms with Gasteiger partial charge in [-0.05, 0) is 18.2 Å². The van der Waals surface area contributed by atoms with Crippen molar-refractivity contribution < 1.29 is 14.8 Å². The van der Waals surface area contributed by atoms with Crippen LogP contribution in [0.2, 0.25) is 0 Å². The highest BCUT2D eigenvalue weighted by Crippen LogP contribution is 2.20. The second-order valence-corrected chi connectivity index (χ2v) is 3.40. The van der Waals surface area contributed by atoms with Crippen LogP contribution in [0, 0.1) is 10.1 Å². The van der Waals surface area contributed by atoms with E-state index in [9.17, 15) is 14.9 Å². The van der Waals surface area contributed by atoms with E-state index in [1.165, 1.54) is 12.1 Å². The van der Waals surface area contributed by atoms with Crippen LogP contribution in [0.3, 0.4) is 0 Å². The quantitative estimate of drug-likeness (QED) is 0.625. The zero-order valence-corrected chi connectivity index (χ0v) is 8.58. The number of aromatic amines is 1. The number of rotatable bonds is 3. The summed E-state index contributed by atoms with van der Waals surface area (Å²) in [6.45, 7) is 0. The lowest BCUT2D eigenvalue weighted by atomic mass is 10.1. The number of carbonyl (C=O) groups is 1. The molecule has 0 radical (unpaired) electrons. The molecule has 0 amide bonds. The third-order valence-electron chi connectivity index (χ3n) is 2.29. The predicted octanol–water partition coefficient (Wildman–Crippen LogP) is 2.11. The summed E-state index contributed by atoms with van der Waals surface area (Å²) in [6.07, 6.45) is 2.08. The van der Waals surface area contributed by atoms with Gasteiger partial charge in [-0.3, -0.25) is 10.1 Å². The van der Waals surface area contributed by atoms with E-state index in [4.69, 9.17) is 5.11 Å².